The Bertz CT molecular complexity index is 559. The molecule has 5 nitrogen and oxygen atoms in total. The normalized spacial score (nSPS) is 10.6. The fraction of sp³-hybridized carbons (Fsp3) is 0.462. The lowest BCUT2D eigenvalue weighted by atomic mass is 10.3. The predicted molar refractivity (Wildman–Crippen MR) is 84.0 cm³/mol. The van der Waals surface area contributed by atoms with Gasteiger partial charge in [0, 0.05) is 23.9 Å². The Hall–Kier alpha value is -1.34. The summed E-state index contributed by atoms with van der Waals surface area (Å²) in [5.41, 5.74) is 2.95. The molecule has 0 saturated carbocycles. The van der Waals surface area contributed by atoms with Crippen molar-refractivity contribution in [2.45, 2.75) is 25.4 Å². The van der Waals surface area contributed by atoms with Gasteiger partial charge in [-0.15, -0.1) is 11.3 Å². The van der Waals surface area contributed by atoms with Crippen molar-refractivity contribution in [1.29, 1.82) is 0 Å². The van der Waals surface area contributed by atoms with Crippen molar-refractivity contribution < 1.29 is 4.74 Å². The minimum Gasteiger partial charge on any atom is -0.477 e. The van der Waals surface area contributed by atoms with Crippen molar-refractivity contribution in [3.63, 3.8) is 0 Å². The second-order valence-electron chi connectivity index (χ2n) is 4.07. The average molecular weight is 310 g/mol. The molecule has 0 saturated heterocycles. The molecule has 0 aliphatic carbocycles. The molecule has 0 spiro atoms. The lowest BCUT2D eigenvalue weighted by Gasteiger charge is -2.09. The van der Waals surface area contributed by atoms with Crippen molar-refractivity contribution in [2.24, 2.45) is 0 Å². The molecular formula is C13H18N4OS2. The van der Waals surface area contributed by atoms with Gasteiger partial charge in [-0.3, -0.25) is 0 Å². The van der Waals surface area contributed by atoms with Gasteiger partial charge in [0.05, 0.1) is 17.8 Å². The van der Waals surface area contributed by atoms with Gasteiger partial charge >= 0.3 is 0 Å². The molecule has 0 bridgehead atoms. The highest BCUT2D eigenvalue weighted by Gasteiger charge is 2.06. The standard InChI is InChI=1S/C13H18N4OS2/c1-4-14-11-7-12(17-13(16-11)19-3)18-6-5-10-9(2)15-8-20-10/h7-8H,4-6H2,1-3H3,(H,14,16,17). The molecule has 2 aromatic heterocycles. The van der Waals surface area contributed by atoms with Crippen molar-refractivity contribution in [2.75, 3.05) is 24.7 Å². The number of hydrogen-bond acceptors (Lipinski definition) is 7. The highest BCUT2D eigenvalue weighted by atomic mass is 32.2. The Balaban J connectivity index is 1.97. The zero-order chi connectivity index (χ0) is 14.4. The van der Waals surface area contributed by atoms with Crippen LogP contribution >= 0.6 is 23.1 Å². The third-order valence-corrected chi connectivity index (χ3v) is 4.19. The zero-order valence-corrected chi connectivity index (χ0v) is 13.5. The topological polar surface area (TPSA) is 59.9 Å². The van der Waals surface area contributed by atoms with Gasteiger partial charge in [0.2, 0.25) is 5.88 Å². The van der Waals surface area contributed by atoms with Crippen LogP contribution < -0.4 is 10.1 Å². The van der Waals surface area contributed by atoms with Gasteiger partial charge in [0.25, 0.3) is 0 Å². The summed E-state index contributed by atoms with van der Waals surface area (Å²) in [7, 11) is 0. The largest absolute Gasteiger partial charge is 0.477 e. The Kier molecular flexibility index (Phi) is 5.60. The molecule has 108 valence electrons. The van der Waals surface area contributed by atoms with Gasteiger partial charge < -0.3 is 10.1 Å². The number of thiazole rings is 1. The molecule has 7 heteroatoms. The van der Waals surface area contributed by atoms with Crippen molar-refractivity contribution in [3.8, 4) is 5.88 Å². The van der Waals surface area contributed by atoms with E-state index in [4.69, 9.17) is 4.74 Å². The Morgan fingerprint density at radius 2 is 2.25 bits per heavy atom. The van der Waals surface area contributed by atoms with Gasteiger partial charge in [0.15, 0.2) is 5.16 Å². The van der Waals surface area contributed by atoms with Crippen molar-refractivity contribution in [3.05, 3.63) is 22.1 Å². The van der Waals surface area contributed by atoms with E-state index in [-0.39, 0.29) is 0 Å². The summed E-state index contributed by atoms with van der Waals surface area (Å²) in [4.78, 5) is 14.2. The molecule has 0 atom stereocenters. The van der Waals surface area contributed by atoms with Crippen LogP contribution in [0.4, 0.5) is 5.82 Å². The first kappa shape index (κ1) is 15.1. The van der Waals surface area contributed by atoms with Crippen LogP contribution in [0.2, 0.25) is 0 Å². The summed E-state index contributed by atoms with van der Waals surface area (Å²) in [5, 5.41) is 3.90. The van der Waals surface area contributed by atoms with Crippen LogP contribution in [0.3, 0.4) is 0 Å². The fourth-order valence-corrected chi connectivity index (χ4v) is 2.79. The fourth-order valence-electron chi connectivity index (χ4n) is 1.66. The third kappa shape index (κ3) is 4.08. The van der Waals surface area contributed by atoms with E-state index in [0.717, 1.165) is 24.5 Å². The van der Waals surface area contributed by atoms with Gasteiger partial charge in [-0.1, -0.05) is 11.8 Å². The number of nitrogens with one attached hydrogen (secondary N) is 1. The molecule has 0 aromatic carbocycles. The first-order valence-electron chi connectivity index (χ1n) is 6.41. The quantitative estimate of drug-likeness (QED) is 0.626. The molecule has 20 heavy (non-hydrogen) atoms. The Labute approximate surface area is 127 Å². The minimum atomic E-state index is 0.597. The molecule has 2 heterocycles. The first-order chi connectivity index (χ1) is 9.72. The van der Waals surface area contributed by atoms with Crippen LogP contribution in [-0.2, 0) is 6.42 Å². The van der Waals surface area contributed by atoms with Gasteiger partial charge in [-0.2, -0.15) is 4.98 Å². The lowest BCUT2D eigenvalue weighted by Crippen LogP contribution is -2.06. The number of nitrogens with zero attached hydrogens (tertiary/aromatic N) is 3. The van der Waals surface area contributed by atoms with Gasteiger partial charge in [-0.25, -0.2) is 9.97 Å². The molecule has 2 rings (SSSR count). The molecule has 0 aliphatic heterocycles. The maximum absolute atomic E-state index is 5.74. The molecule has 0 aliphatic rings. The minimum absolute atomic E-state index is 0.597. The van der Waals surface area contributed by atoms with Gasteiger partial charge in [-0.05, 0) is 20.1 Å². The van der Waals surface area contributed by atoms with Crippen LogP contribution in [0.5, 0.6) is 5.88 Å². The van der Waals surface area contributed by atoms with Crippen molar-refractivity contribution in [1.82, 2.24) is 15.0 Å². The number of rotatable bonds is 7. The average Bonchev–Trinajstić information content (AvgIpc) is 2.84. The first-order valence-corrected chi connectivity index (χ1v) is 8.52. The van der Waals surface area contributed by atoms with Crippen molar-refractivity contribution >= 4 is 28.9 Å². The predicted octanol–water partition coefficient (Wildman–Crippen LogP) is 3.02. The van der Waals surface area contributed by atoms with E-state index in [1.807, 2.05) is 31.7 Å². The van der Waals surface area contributed by atoms with Crippen LogP contribution in [0.25, 0.3) is 0 Å². The number of ether oxygens (including phenoxy) is 1. The summed E-state index contributed by atoms with van der Waals surface area (Å²) >= 11 is 3.17. The van der Waals surface area contributed by atoms with E-state index >= 15 is 0 Å². The highest BCUT2D eigenvalue weighted by Crippen LogP contribution is 2.19. The lowest BCUT2D eigenvalue weighted by molar-refractivity contribution is 0.307. The number of hydrogen-bond donors (Lipinski definition) is 1. The number of thioether (sulfide) groups is 1. The smallest absolute Gasteiger partial charge is 0.219 e. The SMILES string of the molecule is CCNc1cc(OCCc2scnc2C)nc(SC)n1. The van der Waals surface area contributed by atoms with Crippen LogP contribution in [0, 0.1) is 6.92 Å². The maximum Gasteiger partial charge on any atom is 0.219 e. The summed E-state index contributed by atoms with van der Waals surface area (Å²) in [5.74, 6) is 1.42. The molecule has 2 aromatic rings. The highest BCUT2D eigenvalue weighted by molar-refractivity contribution is 7.98. The maximum atomic E-state index is 5.74. The second kappa shape index (κ2) is 7.44. The summed E-state index contributed by atoms with van der Waals surface area (Å²) in [6.45, 7) is 5.48. The van der Waals surface area contributed by atoms with Gasteiger partial charge in [0.1, 0.15) is 5.82 Å². The van der Waals surface area contributed by atoms with Crippen LogP contribution in [0.15, 0.2) is 16.7 Å². The monoisotopic (exact) mass is 310 g/mol. The zero-order valence-electron chi connectivity index (χ0n) is 11.8. The molecule has 0 radical (unpaired) electrons. The van der Waals surface area contributed by atoms with Crippen LogP contribution in [0.1, 0.15) is 17.5 Å². The number of aromatic nitrogens is 3. The molecule has 1 N–H and O–H groups in total. The molecule has 0 amide bonds. The van der Waals surface area contributed by atoms with E-state index < -0.39 is 0 Å². The summed E-state index contributed by atoms with van der Waals surface area (Å²) in [6.07, 6.45) is 2.81. The van der Waals surface area contributed by atoms with E-state index in [9.17, 15) is 0 Å². The third-order valence-electron chi connectivity index (χ3n) is 2.65. The second-order valence-corrected chi connectivity index (χ2v) is 5.78. The summed E-state index contributed by atoms with van der Waals surface area (Å²) in [6, 6.07) is 1.84. The van der Waals surface area contributed by atoms with E-state index in [1.54, 1.807) is 11.3 Å². The molecule has 0 fully saturated rings. The summed E-state index contributed by atoms with van der Waals surface area (Å²) < 4.78 is 5.74. The molecular weight excluding hydrogens is 292 g/mol. The number of aryl methyl sites for hydroxylation is 1. The molecule has 0 unspecified atom stereocenters. The van der Waals surface area contributed by atoms with Crippen LogP contribution in [-0.4, -0.2) is 34.4 Å². The number of anilines is 1. The van der Waals surface area contributed by atoms with E-state index in [1.165, 1.54) is 16.6 Å². The Morgan fingerprint density at radius 3 is 2.90 bits per heavy atom. The van der Waals surface area contributed by atoms with E-state index in [0.29, 0.717) is 17.6 Å². The Morgan fingerprint density at radius 1 is 1.40 bits per heavy atom. The van der Waals surface area contributed by atoms with E-state index in [2.05, 4.69) is 20.3 Å².